The lowest BCUT2D eigenvalue weighted by atomic mass is 10.0. The third kappa shape index (κ3) is 2.85. The zero-order valence-electron chi connectivity index (χ0n) is 15.5. The van der Waals surface area contributed by atoms with E-state index in [2.05, 4.69) is 5.32 Å². The molecule has 148 valence electrons. The van der Waals surface area contributed by atoms with Crippen LogP contribution in [-0.2, 0) is 4.79 Å². The fourth-order valence-electron chi connectivity index (χ4n) is 3.80. The Balaban J connectivity index is 1.98. The number of nitrogens with one attached hydrogen (secondary N) is 1. The molecule has 2 N–H and O–H groups in total. The van der Waals surface area contributed by atoms with Crippen LogP contribution in [0, 0.1) is 5.82 Å². The molecule has 28 heavy (non-hydrogen) atoms. The summed E-state index contributed by atoms with van der Waals surface area (Å²) in [4.78, 5) is 38.3. The van der Waals surface area contributed by atoms with Gasteiger partial charge in [0.05, 0.1) is 22.3 Å². The quantitative estimate of drug-likeness (QED) is 0.795. The molecule has 1 unspecified atom stereocenters. The van der Waals surface area contributed by atoms with Gasteiger partial charge in [-0.05, 0) is 37.3 Å². The van der Waals surface area contributed by atoms with E-state index >= 15 is 4.39 Å². The molecule has 0 saturated heterocycles. The van der Waals surface area contributed by atoms with Crippen LogP contribution in [0.2, 0.25) is 0 Å². The zero-order chi connectivity index (χ0) is 20.2. The first kappa shape index (κ1) is 18.8. The highest BCUT2D eigenvalue weighted by Crippen LogP contribution is 2.42. The van der Waals surface area contributed by atoms with Gasteiger partial charge in [0.2, 0.25) is 11.3 Å². The Morgan fingerprint density at radius 2 is 2.11 bits per heavy atom. The van der Waals surface area contributed by atoms with Crippen molar-refractivity contribution >= 4 is 45.9 Å². The van der Waals surface area contributed by atoms with Crippen molar-refractivity contribution in [3.8, 4) is 0 Å². The van der Waals surface area contributed by atoms with Gasteiger partial charge in [-0.1, -0.05) is 0 Å². The van der Waals surface area contributed by atoms with Crippen LogP contribution in [-0.4, -0.2) is 46.6 Å². The second-order valence-corrected chi connectivity index (χ2v) is 8.18. The molecule has 1 atom stereocenters. The van der Waals surface area contributed by atoms with Gasteiger partial charge in [-0.2, -0.15) is 11.8 Å². The molecule has 7 nitrogen and oxygen atoms in total. The SMILES string of the molecule is CSCCC1C(=O)Nc2cc3c(=O)c(C(=O)O)cn(C4CC4)c3c(F)c2N1C. The van der Waals surface area contributed by atoms with E-state index in [1.807, 2.05) is 6.26 Å². The lowest BCUT2D eigenvalue weighted by Crippen LogP contribution is -2.47. The molecule has 1 aromatic heterocycles. The number of anilines is 2. The minimum atomic E-state index is -1.35. The number of carboxylic acids is 1. The standard InChI is InChI=1S/C19H20FN3O4S/c1-22-13(5-6-28-2)18(25)21-12-7-10-15(14(20)16(12)22)23(9-3-4-9)8-11(17(10)24)19(26)27/h7-9,13H,3-6H2,1-2H3,(H,21,25)(H,26,27). The van der Waals surface area contributed by atoms with Crippen molar-refractivity contribution in [2.75, 3.05) is 29.3 Å². The summed E-state index contributed by atoms with van der Waals surface area (Å²) >= 11 is 1.61. The maximum absolute atomic E-state index is 15.7. The molecule has 1 aliphatic heterocycles. The molecule has 1 saturated carbocycles. The highest BCUT2D eigenvalue weighted by Gasteiger charge is 2.36. The average Bonchev–Trinajstić information content (AvgIpc) is 3.47. The van der Waals surface area contributed by atoms with Gasteiger partial charge in [-0.3, -0.25) is 9.59 Å². The van der Waals surface area contributed by atoms with E-state index in [0.717, 1.165) is 18.6 Å². The van der Waals surface area contributed by atoms with Crippen LogP contribution in [0.5, 0.6) is 0 Å². The van der Waals surface area contributed by atoms with Gasteiger partial charge in [-0.25, -0.2) is 9.18 Å². The highest BCUT2D eigenvalue weighted by atomic mass is 32.2. The maximum Gasteiger partial charge on any atom is 0.341 e. The summed E-state index contributed by atoms with van der Waals surface area (Å²) < 4.78 is 17.2. The fourth-order valence-corrected chi connectivity index (χ4v) is 4.26. The van der Waals surface area contributed by atoms with Gasteiger partial charge in [0.25, 0.3) is 0 Å². The van der Waals surface area contributed by atoms with Crippen LogP contribution in [0.15, 0.2) is 17.1 Å². The Labute approximate surface area is 164 Å². The van der Waals surface area contributed by atoms with Crippen molar-refractivity contribution < 1.29 is 19.1 Å². The van der Waals surface area contributed by atoms with Crippen LogP contribution in [0.4, 0.5) is 15.8 Å². The molecule has 1 aliphatic carbocycles. The number of rotatable bonds is 5. The number of pyridine rings is 1. The molecular weight excluding hydrogens is 385 g/mol. The normalized spacial score (nSPS) is 18.9. The second-order valence-electron chi connectivity index (χ2n) is 7.20. The molecule has 1 aromatic carbocycles. The summed E-state index contributed by atoms with van der Waals surface area (Å²) in [5.41, 5.74) is -0.618. The van der Waals surface area contributed by atoms with Gasteiger partial charge < -0.3 is 19.9 Å². The van der Waals surface area contributed by atoms with Crippen molar-refractivity contribution in [2.45, 2.75) is 31.3 Å². The van der Waals surface area contributed by atoms with Gasteiger partial charge in [0, 0.05) is 19.3 Å². The topological polar surface area (TPSA) is 91.6 Å². The van der Waals surface area contributed by atoms with Crippen molar-refractivity contribution in [1.82, 2.24) is 4.57 Å². The molecule has 1 amide bonds. The molecule has 4 rings (SSSR count). The van der Waals surface area contributed by atoms with E-state index in [9.17, 15) is 19.5 Å². The Kier molecular flexibility index (Phi) is 4.57. The van der Waals surface area contributed by atoms with Crippen molar-refractivity contribution in [3.05, 3.63) is 33.9 Å². The van der Waals surface area contributed by atoms with E-state index in [0.29, 0.717) is 6.42 Å². The summed E-state index contributed by atoms with van der Waals surface area (Å²) in [5.74, 6) is -1.47. The Hall–Kier alpha value is -2.55. The first-order chi connectivity index (χ1) is 13.3. The molecule has 0 radical (unpaired) electrons. The fraction of sp³-hybridized carbons (Fsp3) is 0.421. The number of carboxylic acid groups (broad SMARTS) is 1. The number of carbonyl (C=O) groups excluding carboxylic acids is 1. The van der Waals surface area contributed by atoms with Crippen molar-refractivity contribution in [3.63, 3.8) is 0 Å². The Morgan fingerprint density at radius 1 is 1.39 bits per heavy atom. The molecular formula is C19H20FN3O4S. The number of aromatic nitrogens is 1. The number of likely N-dealkylation sites (N-methyl/N-ethyl adjacent to an activating group) is 1. The van der Waals surface area contributed by atoms with Crippen molar-refractivity contribution in [1.29, 1.82) is 0 Å². The van der Waals surface area contributed by atoms with E-state index in [1.54, 1.807) is 28.3 Å². The summed E-state index contributed by atoms with van der Waals surface area (Å²) in [6.07, 6.45) is 5.35. The van der Waals surface area contributed by atoms with Gasteiger partial charge in [-0.15, -0.1) is 0 Å². The van der Waals surface area contributed by atoms with Crippen LogP contribution in [0.25, 0.3) is 10.9 Å². The van der Waals surface area contributed by atoms with Gasteiger partial charge in [0.1, 0.15) is 11.6 Å². The first-order valence-corrected chi connectivity index (χ1v) is 10.4. The third-order valence-electron chi connectivity index (χ3n) is 5.38. The van der Waals surface area contributed by atoms with E-state index in [4.69, 9.17) is 0 Å². The Morgan fingerprint density at radius 3 is 2.71 bits per heavy atom. The summed E-state index contributed by atoms with van der Waals surface area (Å²) in [7, 11) is 1.67. The number of carbonyl (C=O) groups is 2. The van der Waals surface area contributed by atoms with Crippen LogP contribution in [0.3, 0.4) is 0 Å². The molecule has 0 spiro atoms. The number of nitrogens with zero attached hydrogens (tertiary/aromatic N) is 2. The van der Waals surface area contributed by atoms with Crippen molar-refractivity contribution in [2.24, 2.45) is 0 Å². The molecule has 2 aliphatic rings. The summed E-state index contributed by atoms with van der Waals surface area (Å²) in [5, 5.41) is 12.0. The predicted octanol–water partition coefficient (Wildman–Crippen LogP) is 2.68. The third-order valence-corrected chi connectivity index (χ3v) is 6.02. The van der Waals surface area contributed by atoms with Crippen LogP contribution >= 0.6 is 11.8 Å². The van der Waals surface area contributed by atoms with Gasteiger partial charge in [0.15, 0.2) is 5.82 Å². The predicted molar refractivity (Wildman–Crippen MR) is 107 cm³/mol. The van der Waals surface area contributed by atoms with Crippen LogP contribution < -0.4 is 15.6 Å². The molecule has 1 fully saturated rings. The van der Waals surface area contributed by atoms with E-state index in [1.165, 1.54) is 12.3 Å². The number of aromatic carboxylic acids is 1. The molecule has 2 aromatic rings. The largest absolute Gasteiger partial charge is 0.477 e. The first-order valence-electron chi connectivity index (χ1n) is 9.02. The molecule has 9 heteroatoms. The maximum atomic E-state index is 15.7. The molecule has 2 heterocycles. The second kappa shape index (κ2) is 6.80. The van der Waals surface area contributed by atoms with E-state index < -0.39 is 28.8 Å². The average molecular weight is 405 g/mol. The van der Waals surface area contributed by atoms with E-state index in [-0.39, 0.29) is 34.2 Å². The number of thioether (sulfide) groups is 1. The number of halogens is 1. The zero-order valence-corrected chi connectivity index (χ0v) is 16.3. The number of hydrogen-bond donors (Lipinski definition) is 2. The minimum Gasteiger partial charge on any atom is -0.477 e. The summed E-state index contributed by atoms with van der Waals surface area (Å²) in [6, 6.07) is 0.872. The number of hydrogen-bond acceptors (Lipinski definition) is 5. The molecule has 0 bridgehead atoms. The monoisotopic (exact) mass is 405 g/mol. The number of fused-ring (bicyclic) bond motifs is 2. The van der Waals surface area contributed by atoms with Crippen LogP contribution in [0.1, 0.15) is 35.7 Å². The number of amides is 1. The Bertz CT molecular complexity index is 1060. The highest BCUT2D eigenvalue weighted by molar-refractivity contribution is 7.98. The van der Waals surface area contributed by atoms with Gasteiger partial charge >= 0.3 is 5.97 Å². The minimum absolute atomic E-state index is 0.0236. The number of benzene rings is 1. The smallest absolute Gasteiger partial charge is 0.341 e. The lowest BCUT2D eigenvalue weighted by molar-refractivity contribution is -0.117. The lowest BCUT2D eigenvalue weighted by Gasteiger charge is -2.36. The summed E-state index contributed by atoms with van der Waals surface area (Å²) in [6.45, 7) is 0.